The molecule has 14 heavy (non-hydrogen) atoms. The Hall–Kier alpha value is -1.84. The van der Waals surface area contributed by atoms with E-state index in [0.717, 1.165) is 16.8 Å². The van der Waals surface area contributed by atoms with Gasteiger partial charge in [-0.2, -0.15) is 0 Å². The molecule has 2 rings (SSSR count). The Labute approximate surface area is 82.4 Å². The van der Waals surface area contributed by atoms with Gasteiger partial charge in [-0.25, -0.2) is 9.97 Å². The minimum atomic E-state index is 0.544. The minimum absolute atomic E-state index is 0.544. The van der Waals surface area contributed by atoms with Crippen LogP contribution in [0.25, 0.3) is 11.3 Å². The third kappa shape index (κ3) is 1.46. The summed E-state index contributed by atoms with van der Waals surface area (Å²) in [6.07, 6.45) is 5.48. The zero-order valence-electron chi connectivity index (χ0n) is 8.23. The molecule has 2 N–H and O–H groups in total. The van der Waals surface area contributed by atoms with Gasteiger partial charge in [-0.1, -0.05) is 0 Å². The number of anilines is 1. The normalized spacial score (nSPS) is 10.4. The van der Waals surface area contributed by atoms with Crippen molar-refractivity contribution in [3.8, 4) is 11.3 Å². The van der Waals surface area contributed by atoms with Crippen molar-refractivity contribution < 1.29 is 0 Å². The first kappa shape index (κ1) is 8.74. The van der Waals surface area contributed by atoms with Gasteiger partial charge in [-0.15, -0.1) is 0 Å². The molecule has 0 amide bonds. The van der Waals surface area contributed by atoms with Crippen molar-refractivity contribution in [2.24, 2.45) is 7.05 Å². The Morgan fingerprint density at radius 2 is 2.14 bits per heavy atom. The molecule has 0 spiro atoms. The van der Waals surface area contributed by atoms with Crippen molar-refractivity contribution in [2.75, 3.05) is 5.73 Å². The summed E-state index contributed by atoms with van der Waals surface area (Å²) in [5, 5.41) is 0. The number of hydrogen-bond acceptors (Lipinski definition) is 3. The molecule has 4 nitrogen and oxygen atoms in total. The van der Waals surface area contributed by atoms with Crippen LogP contribution in [0.4, 0.5) is 5.82 Å². The monoisotopic (exact) mass is 188 g/mol. The van der Waals surface area contributed by atoms with E-state index >= 15 is 0 Å². The summed E-state index contributed by atoms with van der Waals surface area (Å²) < 4.78 is 1.91. The van der Waals surface area contributed by atoms with Gasteiger partial charge in [0.15, 0.2) is 0 Å². The first-order valence-electron chi connectivity index (χ1n) is 4.37. The van der Waals surface area contributed by atoms with Crippen molar-refractivity contribution in [1.82, 2.24) is 14.5 Å². The maximum atomic E-state index is 5.57. The molecule has 0 aliphatic heterocycles. The van der Waals surface area contributed by atoms with Crippen molar-refractivity contribution in [2.45, 2.75) is 6.92 Å². The highest BCUT2D eigenvalue weighted by molar-refractivity contribution is 5.63. The average molecular weight is 188 g/mol. The molecule has 0 aromatic carbocycles. The maximum absolute atomic E-state index is 5.57. The molecular formula is C10H12N4. The largest absolute Gasteiger partial charge is 0.384 e. The van der Waals surface area contributed by atoms with Gasteiger partial charge in [0.1, 0.15) is 5.82 Å². The van der Waals surface area contributed by atoms with E-state index < -0.39 is 0 Å². The van der Waals surface area contributed by atoms with Gasteiger partial charge in [0.05, 0.1) is 12.0 Å². The van der Waals surface area contributed by atoms with E-state index in [1.54, 1.807) is 12.5 Å². The first-order valence-corrected chi connectivity index (χ1v) is 4.37. The topological polar surface area (TPSA) is 56.7 Å². The van der Waals surface area contributed by atoms with Crippen LogP contribution in [0.5, 0.6) is 0 Å². The summed E-state index contributed by atoms with van der Waals surface area (Å²) in [5.41, 5.74) is 8.62. The lowest BCUT2D eigenvalue weighted by Crippen LogP contribution is -1.92. The molecule has 72 valence electrons. The van der Waals surface area contributed by atoms with Gasteiger partial charge < -0.3 is 10.3 Å². The fourth-order valence-corrected chi connectivity index (χ4v) is 1.40. The number of nitrogens with zero attached hydrogens (tertiary/aromatic N) is 3. The highest BCUT2D eigenvalue weighted by Crippen LogP contribution is 2.21. The van der Waals surface area contributed by atoms with Gasteiger partial charge in [-0.05, 0) is 18.6 Å². The molecule has 0 atom stereocenters. The zero-order valence-corrected chi connectivity index (χ0v) is 8.23. The van der Waals surface area contributed by atoms with E-state index in [2.05, 4.69) is 9.97 Å². The van der Waals surface area contributed by atoms with Crippen LogP contribution in [-0.2, 0) is 7.05 Å². The molecule has 2 heterocycles. The van der Waals surface area contributed by atoms with E-state index in [4.69, 9.17) is 5.73 Å². The van der Waals surface area contributed by atoms with Crippen LogP contribution in [-0.4, -0.2) is 14.5 Å². The SMILES string of the molecule is Cc1cc(N)ncc1-c1cn(C)cn1. The summed E-state index contributed by atoms with van der Waals surface area (Å²) in [4.78, 5) is 8.31. The Morgan fingerprint density at radius 3 is 2.71 bits per heavy atom. The molecule has 4 heteroatoms. The number of hydrogen-bond donors (Lipinski definition) is 1. The summed E-state index contributed by atoms with van der Waals surface area (Å²) >= 11 is 0. The van der Waals surface area contributed by atoms with Gasteiger partial charge in [0, 0.05) is 25.0 Å². The summed E-state index contributed by atoms with van der Waals surface area (Å²) in [6.45, 7) is 2.00. The van der Waals surface area contributed by atoms with Crippen molar-refractivity contribution in [3.63, 3.8) is 0 Å². The molecule has 0 bridgehead atoms. The predicted molar refractivity (Wildman–Crippen MR) is 55.6 cm³/mol. The zero-order chi connectivity index (χ0) is 10.1. The van der Waals surface area contributed by atoms with Gasteiger partial charge in [0.2, 0.25) is 0 Å². The number of aromatic nitrogens is 3. The van der Waals surface area contributed by atoms with E-state index in [1.807, 2.05) is 30.8 Å². The number of rotatable bonds is 1. The third-order valence-corrected chi connectivity index (χ3v) is 2.11. The van der Waals surface area contributed by atoms with Crippen LogP contribution in [0, 0.1) is 6.92 Å². The van der Waals surface area contributed by atoms with Gasteiger partial charge in [0.25, 0.3) is 0 Å². The molecule has 0 radical (unpaired) electrons. The summed E-state index contributed by atoms with van der Waals surface area (Å²) in [5.74, 6) is 0.544. The molecule has 0 saturated carbocycles. The Balaban J connectivity index is 2.52. The number of imidazole rings is 1. The molecule has 0 aliphatic carbocycles. The second kappa shape index (κ2) is 3.14. The van der Waals surface area contributed by atoms with Crippen molar-refractivity contribution >= 4 is 5.82 Å². The Kier molecular flexibility index (Phi) is 1.96. The fraction of sp³-hybridized carbons (Fsp3) is 0.200. The van der Waals surface area contributed by atoms with Crippen LogP contribution >= 0.6 is 0 Å². The fourth-order valence-electron chi connectivity index (χ4n) is 1.40. The van der Waals surface area contributed by atoms with Gasteiger partial charge >= 0.3 is 0 Å². The quantitative estimate of drug-likeness (QED) is 0.735. The van der Waals surface area contributed by atoms with E-state index in [0.29, 0.717) is 5.82 Å². The lowest BCUT2D eigenvalue weighted by atomic mass is 10.1. The van der Waals surface area contributed by atoms with E-state index in [1.165, 1.54) is 0 Å². The Bertz CT molecular complexity index is 459. The highest BCUT2D eigenvalue weighted by atomic mass is 15.0. The lowest BCUT2D eigenvalue weighted by molar-refractivity contribution is 0.913. The van der Waals surface area contributed by atoms with Crippen LogP contribution in [0.3, 0.4) is 0 Å². The molecule has 0 aliphatic rings. The molecule has 0 unspecified atom stereocenters. The molecule has 2 aromatic rings. The van der Waals surface area contributed by atoms with E-state index in [9.17, 15) is 0 Å². The number of nitrogen functional groups attached to an aromatic ring is 1. The smallest absolute Gasteiger partial charge is 0.123 e. The van der Waals surface area contributed by atoms with Gasteiger partial charge in [-0.3, -0.25) is 0 Å². The van der Waals surface area contributed by atoms with Crippen LogP contribution in [0.1, 0.15) is 5.56 Å². The number of aryl methyl sites for hydroxylation is 2. The lowest BCUT2D eigenvalue weighted by Gasteiger charge is -2.02. The molecule has 2 aromatic heterocycles. The number of pyridine rings is 1. The van der Waals surface area contributed by atoms with Crippen LogP contribution in [0.15, 0.2) is 24.8 Å². The molecule has 0 saturated heterocycles. The van der Waals surface area contributed by atoms with E-state index in [-0.39, 0.29) is 0 Å². The van der Waals surface area contributed by atoms with Crippen LogP contribution < -0.4 is 5.73 Å². The molecular weight excluding hydrogens is 176 g/mol. The third-order valence-electron chi connectivity index (χ3n) is 2.11. The number of nitrogens with two attached hydrogens (primary N) is 1. The van der Waals surface area contributed by atoms with Crippen molar-refractivity contribution in [3.05, 3.63) is 30.4 Å². The molecule has 0 fully saturated rings. The standard InChI is InChI=1S/C10H12N4/c1-7-3-10(11)12-4-8(7)9-5-14(2)6-13-9/h3-6H,1-2H3,(H2,11,12). The second-order valence-corrected chi connectivity index (χ2v) is 3.35. The minimum Gasteiger partial charge on any atom is -0.384 e. The van der Waals surface area contributed by atoms with Crippen molar-refractivity contribution in [1.29, 1.82) is 0 Å². The Morgan fingerprint density at radius 1 is 1.36 bits per heavy atom. The average Bonchev–Trinajstić information content (AvgIpc) is 2.51. The predicted octanol–water partition coefficient (Wildman–Crippen LogP) is 1.37. The second-order valence-electron chi connectivity index (χ2n) is 3.35. The maximum Gasteiger partial charge on any atom is 0.123 e. The highest BCUT2D eigenvalue weighted by Gasteiger charge is 2.05. The first-order chi connectivity index (χ1) is 6.66. The summed E-state index contributed by atoms with van der Waals surface area (Å²) in [7, 11) is 1.94. The van der Waals surface area contributed by atoms with Crippen LogP contribution in [0.2, 0.25) is 0 Å². The summed E-state index contributed by atoms with van der Waals surface area (Å²) in [6, 6.07) is 1.85.